The first kappa shape index (κ1) is 27.1. The molecule has 10 heteroatoms. The molecule has 39 heavy (non-hydrogen) atoms. The molecule has 1 aliphatic heterocycles. The minimum atomic E-state index is -0.751. The van der Waals surface area contributed by atoms with Crippen molar-refractivity contribution in [1.82, 2.24) is 15.3 Å². The van der Waals surface area contributed by atoms with Gasteiger partial charge in [-0.2, -0.15) is 0 Å². The molecule has 2 heterocycles. The van der Waals surface area contributed by atoms with Crippen LogP contribution in [0.5, 0.6) is 11.5 Å². The second-order valence-electron chi connectivity index (χ2n) is 10.3. The fourth-order valence-electron chi connectivity index (χ4n) is 4.83. The number of hydrogen-bond donors (Lipinski definition) is 3. The molecule has 3 aromatic rings. The van der Waals surface area contributed by atoms with Crippen LogP contribution in [0.4, 0.5) is 26.1 Å². The molecule has 0 radical (unpaired) electrons. The number of rotatable bonds is 11. The third-order valence-corrected chi connectivity index (χ3v) is 7.22. The average molecular weight is 540 g/mol. The summed E-state index contributed by atoms with van der Waals surface area (Å²) in [5, 5.41) is 16.0. The van der Waals surface area contributed by atoms with Gasteiger partial charge in [0.05, 0.1) is 31.2 Å². The molecule has 1 atom stereocenters. The lowest BCUT2D eigenvalue weighted by Gasteiger charge is -2.34. The molecule has 0 bridgehead atoms. The topological polar surface area (TPSA) is 91.8 Å². The number of ether oxygens (including phenoxy) is 2. The summed E-state index contributed by atoms with van der Waals surface area (Å²) < 4.78 is 40.4. The van der Waals surface area contributed by atoms with Crippen molar-refractivity contribution in [3.63, 3.8) is 0 Å². The van der Waals surface area contributed by atoms with Gasteiger partial charge in [-0.3, -0.25) is 0 Å². The van der Waals surface area contributed by atoms with Crippen molar-refractivity contribution in [2.24, 2.45) is 0 Å². The summed E-state index contributed by atoms with van der Waals surface area (Å²) in [5.74, 6) is -0.508. The minimum Gasteiger partial charge on any atom is -0.494 e. The van der Waals surface area contributed by atoms with Crippen LogP contribution in [0.2, 0.25) is 0 Å². The zero-order valence-corrected chi connectivity index (χ0v) is 22.3. The van der Waals surface area contributed by atoms with E-state index in [1.54, 1.807) is 6.92 Å². The standard InChI is InChI=1S/C29H35F2N5O3/c1-18(37)14-32-20-9-11-36(12-10-20)22-7-5-21(6-8-22)35-29-33-15-23(16-34-29)39-17-25-27(30)24(19-3-4-19)13-26(38-2)28(25)31/h5-8,13,15-16,18-20,32,37H,3-4,9-12,14,17H2,1-2H3,(H,33,34,35). The molecule has 2 fully saturated rings. The number of nitrogens with zero attached hydrogens (tertiary/aromatic N) is 3. The quantitative estimate of drug-likeness (QED) is 0.317. The van der Waals surface area contributed by atoms with Gasteiger partial charge in [0.1, 0.15) is 12.4 Å². The van der Waals surface area contributed by atoms with Gasteiger partial charge in [-0.15, -0.1) is 0 Å². The number of halogens is 2. The summed E-state index contributed by atoms with van der Waals surface area (Å²) in [7, 11) is 1.37. The molecule has 1 unspecified atom stereocenters. The molecule has 0 spiro atoms. The number of aliphatic hydroxyl groups excluding tert-OH is 1. The minimum absolute atomic E-state index is 0.0212. The second kappa shape index (κ2) is 12.1. The van der Waals surface area contributed by atoms with Gasteiger partial charge in [0.15, 0.2) is 17.3 Å². The van der Waals surface area contributed by atoms with Gasteiger partial charge in [0, 0.05) is 37.1 Å². The summed E-state index contributed by atoms with van der Waals surface area (Å²) >= 11 is 0. The fraction of sp³-hybridized carbons (Fsp3) is 0.448. The van der Waals surface area contributed by atoms with Gasteiger partial charge in [-0.05, 0) is 74.4 Å². The number of aromatic nitrogens is 2. The number of piperidine rings is 1. The lowest BCUT2D eigenvalue weighted by molar-refractivity contribution is 0.183. The molecule has 3 N–H and O–H groups in total. The first-order valence-electron chi connectivity index (χ1n) is 13.4. The van der Waals surface area contributed by atoms with E-state index in [0.29, 0.717) is 29.8 Å². The predicted octanol–water partition coefficient (Wildman–Crippen LogP) is 4.90. The molecule has 1 saturated heterocycles. The molecule has 8 nitrogen and oxygen atoms in total. The lowest BCUT2D eigenvalue weighted by Crippen LogP contribution is -2.44. The van der Waals surface area contributed by atoms with Crippen LogP contribution in [0.1, 0.15) is 49.7 Å². The Morgan fingerprint density at radius 2 is 1.74 bits per heavy atom. The maximum absolute atomic E-state index is 14.9. The Bertz CT molecular complexity index is 1250. The Labute approximate surface area is 227 Å². The maximum atomic E-state index is 14.9. The number of nitrogens with one attached hydrogen (secondary N) is 2. The largest absolute Gasteiger partial charge is 0.494 e. The van der Waals surface area contributed by atoms with Gasteiger partial charge in [0.2, 0.25) is 5.95 Å². The SMILES string of the molecule is COc1cc(C2CC2)c(F)c(COc2cnc(Nc3ccc(N4CCC(NCC(C)O)CC4)cc3)nc2)c1F. The molecule has 2 aromatic carbocycles. The Balaban J connectivity index is 1.14. The first-order chi connectivity index (χ1) is 18.9. The summed E-state index contributed by atoms with van der Waals surface area (Å²) in [6, 6.07) is 9.98. The van der Waals surface area contributed by atoms with Crippen LogP contribution >= 0.6 is 0 Å². The zero-order valence-electron chi connectivity index (χ0n) is 22.3. The van der Waals surface area contributed by atoms with Crippen LogP contribution < -0.4 is 25.0 Å². The van der Waals surface area contributed by atoms with Crippen molar-refractivity contribution in [1.29, 1.82) is 0 Å². The number of aliphatic hydroxyl groups is 1. The highest BCUT2D eigenvalue weighted by molar-refractivity contribution is 5.59. The molecule has 1 aromatic heterocycles. The van der Waals surface area contributed by atoms with E-state index in [9.17, 15) is 13.9 Å². The average Bonchev–Trinajstić information content (AvgIpc) is 3.79. The molecule has 2 aliphatic rings. The van der Waals surface area contributed by atoms with Crippen molar-refractivity contribution in [3.05, 3.63) is 65.5 Å². The number of anilines is 3. The summed E-state index contributed by atoms with van der Waals surface area (Å²) in [6.45, 7) is 4.05. The van der Waals surface area contributed by atoms with Crippen LogP contribution in [-0.2, 0) is 6.61 Å². The maximum Gasteiger partial charge on any atom is 0.227 e. The first-order valence-corrected chi connectivity index (χ1v) is 13.4. The van der Waals surface area contributed by atoms with Crippen LogP contribution in [0, 0.1) is 11.6 Å². The second-order valence-corrected chi connectivity index (χ2v) is 10.3. The number of hydrogen-bond acceptors (Lipinski definition) is 8. The fourth-order valence-corrected chi connectivity index (χ4v) is 4.83. The van der Waals surface area contributed by atoms with Gasteiger partial charge < -0.3 is 30.1 Å². The normalized spacial score (nSPS) is 16.7. The van der Waals surface area contributed by atoms with E-state index in [1.807, 2.05) is 12.1 Å². The Hall–Kier alpha value is -3.50. The smallest absolute Gasteiger partial charge is 0.227 e. The molecule has 1 aliphatic carbocycles. The highest BCUT2D eigenvalue weighted by Crippen LogP contribution is 2.44. The number of methoxy groups -OCH3 is 1. The Morgan fingerprint density at radius 3 is 2.36 bits per heavy atom. The van der Waals surface area contributed by atoms with E-state index in [0.717, 1.165) is 50.1 Å². The van der Waals surface area contributed by atoms with Gasteiger partial charge in [-0.25, -0.2) is 18.7 Å². The van der Waals surface area contributed by atoms with Crippen LogP contribution in [-0.4, -0.2) is 54.0 Å². The van der Waals surface area contributed by atoms with Crippen molar-refractivity contribution in [2.75, 3.05) is 37.0 Å². The molecule has 208 valence electrons. The highest BCUT2D eigenvalue weighted by atomic mass is 19.1. The van der Waals surface area contributed by atoms with Crippen LogP contribution in [0.15, 0.2) is 42.7 Å². The molecular formula is C29H35F2N5O3. The van der Waals surface area contributed by atoms with Gasteiger partial charge in [-0.1, -0.05) is 0 Å². The lowest BCUT2D eigenvalue weighted by atomic mass is 10.0. The van der Waals surface area contributed by atoms with Crippen LogP contribution in [0.3, 0.4) is 0 Å². The van der Waals surface area contributed by atoms with Crippen molar-refractivity contribution >= 4 is 17.3 Å². The third-order valence-electron chi connectivity index (χ3n) is 7.22. The van der Waals surface area contributed by atoms with Crippen molar-refractivity contribution in [3.8, 4) is 11.5 Å². The molecule has 5 rings (SSSR count). The highest BCUT2D eigenvalue weighted by Gasteiger charge is 2.31. The van der Waals surface area contributed by atoms with E-state index in [4.69, 9.17) is 9.47 Å². The summed E-state index contributed by atoms with van der Waals surface area (Å²) in [5.41, 5.74) is 2.32. The molecule has 0 amide bonds. The van der Waals surface area contributed by atoms with Crippen molar-refractivity contribution in [2.45, 2.75) is 57.3 Å². The summed E-state index contributed by atoms with van der Waals surface area (Å²) in [6.07, 6.45) is 6.46. The predicted molar refractivity (Wildman–Crippen MR) is 146 cm³/mol. The molecular weight excluding hydrogens is 504 g/mol. The van der Waals surface area contributed by atoms with Crippen LogP contribution in [0.25, 0.3) is 0 Å². The van der Waals surface area contributed by atoms with E-state index in [2.05, 4.69) is 37.6 Å². The summed E-state index contributed by atoms with van der Waals surface area (Å²) in [4.78, 5) is 10.9. The van der Waals surface area contributed by atoms with E-state index < -0.39 is 11.6 Å². The van der Waals surface area contributed by atoms with E-state index >= 15 is 0 Å². The number of benzene rings is 2. The van der Waals surface area contributed by atoms with Gasteiger partial charge in [0.25, 0.3) is 0 Å². The Kier molecular flexibility index (Phi) is 8.42. The third kappa shape index (κ3) is 6.75. The van der Waals surface area contributed by atoms with E-state index in [1.165, 1.54) is 25.6 Å². The molecule has 1 saturated carbocycles. The zero-order chi connectivity index (χ0) is 27.4. The van der Waals surface area contributed by atoms with Gasteiger partial charge >= 0.3 is 0 Å². The monoisotopic (exact) mass is 539 g/mol. The van der Waals surface area contributed by atoms with E-state index in [-0.39, 0.29) is 29.9 Å². The van der Waals surface area contributed by atoms with Crippen molar-refractivity contribution < 1.29 is 23.4 Å². The Morgan fingerprint density at radius 1 is 1.05 bits per heavy atom.